The number of rotatable bonds is 7. The molecule has 10 heteroatoms. The molecule has 1 aliphatic rings. The molecule has 0 spiro atoms. The van der Waals surface area contributed by atoms with Gasteiger partial charge in [-0.25, -0.2) is 9.78 Å². The van der Waals surface area contributed by atoms with Crippen LogP contribution in [0.5, 0.6) is 5.88 Å². The number of anilines is 1. The van der Waals surface area contributed by atoms with Crippen molar-refractivity contribution in [3.05, 3.63) is 64.7 Å². The van der Waals surface area contributed by atoms with Crippen LogP contribution in [0.4, 0.5) is 23.7 Å². The van der Waals surface area contributed by atoms with Gasteiger partial charge in [-0.1, -0.05) is 18.2 Å². The molecule has 0 fully saturated rings. The van der Waals surface area contributed by atoms with E-state index in [1.54, 1.807) is 26.8 Å². The minimum absolute atomic E-state index is 0.0306. The van der Waals surface area contributed by atoms with Gasteiger partial charge in [-0.05, 0) is 38.5 Å². The van der Waals surface area contributed by atoms with E-state index in [1.165, 1.54) is 31.5 Å². The van der Waals surface area contributed by atoms with Gasteiger partial charge in [0, 0.05) is 19.0 Å². The van der Waals surface area contributed by atoms with Gasteiger partial charge < -0.3 is 24.3 Å². The van der Waals surface area contributed by atoms with Crippen LogP contribution in [0.25, 0.3) is 0 Å². The minimum Gasteiger partial charge on any atom is -0.475 e. The van der Waals surface area contributed by atoms with Crippen molar-refractivity contribution in [1.82, 2.24) is 4.98 Å². The van der Waals surface area contributed by atoms with Crippen LogP contribution in [0.15, 0.2) is 48.0 Å². The lowest BCUT2D eigenvalue weighted by Crippen LogP contribution is -2.27. The molecule has 0 bridgehead atoms. The maximum atomic E-state index is 14.0. The number of nitrogens with zero attached hydrogens (tertiary/aromatic N) is 1. The molecule has 1 N–H and O–H groups in total. The van der Waals surface area contributed by atoms with Crippen molar-refractivity contribution < 1.29 is 36.9 Å². The summed E-state index contributed by atoms with van der Waals surface area (Å²) in [4.78, 5) is 16.5. The van der Waals surface area contributed by atoms with Gasteiger partial charge in [-0.3, -0.25) is 0 Å². The highest BCUT2D eigenvalue weighted by atomic mass is 19.4. The molecule has 1 aliphatic heterocycles. The number of aromatic nitrogens is 1. The summed E-state index contributed by atoms with van der Waals surface area (Å²) < 4.78 is 63.5. The second-order valence-corrected chi connectivity index (χ2v) is 7.45. The average Bonchev–Trinajstić information content (AvgIpc) is 2.74. The number of nitrogens with one attached hydrogen (secondary N) is 1. The van der Waals surface area contributed by atoms with Gasteiger partial charge in [0.2, 0.25) is 5.88 Å². The van der Waals surface area contributed by atoms with Crippen molar-refractivity contribution in [3.8, 4) is 5.88 Å². The van der Waals surface area contributed by atoms with Crippen molar-refractivity contribution in [2.75, 3.05) is 25.6 Å². The lowest BCUT2D eigenvalue weighted by atomic mass is 9.83. The molecule has 3 rings (SSSR count). The summed E-state index contributed by atoms with van der Waals surface area (Å²) >= 11 is 0. The third kappa shape index (κ3) is 5.39. The number of pyridine rings is 1. The Kier molecular flexibility index (Phi) is 7.47. The monoisotopic (exact) mass is 466 g/mol. The van der Waals surface area contributed by atoms with Crippen LogP contribution in [0, 0.1) is 0 Å². The average molecular weight is 466 g/mol. The third-order valence-corrected chi connectivity index (χ3v) is 4.76. The lowest BCUT2D eigenvalue weighted by Gasteiger charge is -2.33. The van der Waals surface area contributed by atoms with Crippen molar-refractivity contribution in [1.29, 1.82) is 0 Å². The standard InChI is InChI=1S/C23H25F3N2O5/c1-5-31-22(29)33-20-17(12-30-4)28-16-10-11-27-21(32-13(2)3)19(16)18(20)14-8-6-7-9-15(14)23(24,25)26/h6-11,13,18,28H,5,12H2,1-4H3. The zero-order valence-electron chi connectivity index (χ0n) is 18.7. The topological polar surface area (TPSA) is 78.9 Å². The number of hydrogen-bond acceptors (Lipinski definition) is 7. The molecule has 1 unspecified atom stereocenters. The Balaban J connectivity index is 2.32. The second kappa shape index (κ2) is 10.1. The van der Waals surface area contributed by atoms with E-state index in [9.17, 15) is 18.0 Å². The first-order chi connectivity index (χ1) is 15.7. The van der Waals surface area contributed by atoms with Gasteiger partial charge in [0.1, 0.15) is 5.76 Å². The highest BCUT2D eigenvalue weighted by Crippen LogP contribution is 2.49. The Morgan fingerprint density at radius 3 is 2.58 bits per heavy atom. The molecule has 178 valence electrons. The molecule has 0 radical (unpaired) electrons. The van der Waals surface area contributed by atoms with E-state index in [0.29, 0.717) is 11.3 Å². The summed E-state index contributed by atoms with van der Waals surface area (Å²) in [6, 6.07) is 6.73. The fourth-order valence-corrected chi connectivity index (χ4v) is 3.60. The Hall–Kier alpha value is -3.27. The predicted molar refractivity (Wildman–Crippen MR) is 114 cm³/mol. The molecule has 1 atom stereocenters. The number of benzene rings is 1. The maximum Gasteiger partial charge on any atom is 0.513 e. The number of methoxy groups -OCH3 is 1. The first-order valence-corrected chi connectivity index (χ1v) is 10.3. The van der Waals surface area contributed by atoms with Crippen LogP contribution >= 0.6 is 0 Å². The number of carbonyl (C=O) groups is 1. The molecule has 33 heavy (non-hydrogen) atoms. The first kappa shape index (κ1) is 24.4. The van der Waals surface area contributed by atoms with Gasteiger partial charge in [0.25, 0.3) is 0 Å². The fourth-order valence-electron chi connectivity index (χ4n) is 3.60. The van der Waals surface area contributed by atoms with E-state index >= 15 is 0 Å². The quantitative estimate of drug-likeness (QED) is 0.542. The molecule has 7 nitrogen and oxygen atoms in total. The molecule has 0 saturated carbocycles. The number of fused-ring (bicyclic) bond motifs is 1. The lowest BCUT2D eigenvalue weighted by molar-refractivity contribution is -0.138. The van der Waals surface area contributed by atoms with Crippen molar-refractivity contribution in [3.63, 3.8) is 0 Å². The smallest absolute Gasteiger partial charge is 0.475 e. The second-order valence-electron chi connectivity index (χ2n) is 7.45. The summed E-state index contributed by atoms with van der Waals surface area (Å²) in [6.45, 7) is 5.12. The van der Waals surface area contributed by atoms with Crippen LogP contribution < -0.4 is 10.1 Å². The van der Waals surface area contributed by atoms with E-state index in [2.05, 4.69) is 10.3 Å². The summed E-state index contributed by atoms with van der Waals surface area (Å²) in [5.41, 5.74) is 0.0563. The van der Waals surface area contributed by atoms with Crippen LogP contribution in [-0.4, -0.2) is 37.6 Å². The number of halogens is 3. The van der Waals surface area contributed by atoms with E-state index < -0.39 is 23.8 Å². The van der Waals surface area contributed by atoms with Crippen molar-refractivity contribution in [2.24, 2.45) is 0 Å². The fraction of sp³-hybridized carbons (Fsp3) is 0.391. The highest BCUT2D eigenvalue weighted by Gasteiger charge is 2.42. The van der Waals surface area contributed by atoms with Gasteiger partial charge in [-0.15, -0.1) is 0 Å². The number of carbonyl (C=O) groups excluding carboxylic acids is 1. The van der Waals surface area contributed by atoms with E-state index in [4.69, 9.17) is 18.9 Å². The van der Waals surface area contributed by atoms with Gasteiger partial charge >= 0.3 is 12.3 Å². The van der Waals surface area contributed by atoms with Gasteiger partial charge in [-0.2, -0.15) is 13.2 Å². The molecular formula is C23H25F3N2O5. The summed E-state index contributed by atoms with van der Waals surface area (Å²) in [5.74, 6) is -1.13. The van der Waals surface area contributed by atoms with Crippen LogP contribution in [0.1, 0.15) is 43.4 Å². The summed E-state index contributed by atoms with van der Waals surface area (Å²) in [5, 5.41) is 3.09. The third-order valence-electron chi connectivity index (χ3n) is 4.76. The normalized spacial score (nSPS) is 15.7. The van der Waals surface area contributed by atoms with Gasteiger partial charge in [0.05, 0.1) is 42.1 Å². The van der Waals surface area contributed by atoms with E-state index in [0.717, 1.165) is 6.07 Å². The maximum absolute atomic E-state index is 14.0. The molecule has 0 saturated heterocycles. The summed E-state index contributed by atoms with van der Waals surface area (Å²) in [6.07, 6.45) is -4.52. The zero-order valence-corrected chi connectivity index (χ0v) is 18.7. The first-order valence-electron chi connectivity index (χ1n) is 10.3. The van der Waals surface area contributed by atoms with E-state index in [-0.39, 0.29) is 42.2 Å². The molecule has 1 aromatic heterocycles. The number of hydrogen-bond donors (Lipinski definition) is 1. The molecule has 2 heterocycles. The molecule has 1 aromatic carbocycles. The number of ether oxygens (including phenoxy) is 4. The van der Waals surface area contributed by atoms with Crippen LogP contribution in [0.2, 0.25) is 0 Å². The van der Waals surface area contributed by atoms with Crippen molar-refractivity contribution in [2.45, 2.75) is 39.0 Å². The molecule has 0 aliphatic carbocycles. The van der Waals surface area contributed by atoms with Gasteiger partial charge in [0.15, 0.2) is 0 Å². The molecule has 2 aromatic rings. The molecular weight excluding hydrogens is 441 g/mol. The molecule has 0 amide bonds. The van der Waals surface area contributed by atoms with Crippen LogP contribution in [0.3, 0.4) is 0 Å². The Morgan fingerprint density at radius 1 is 1.21 bits per heavy atom. The Bertz CT molecular complexity index is 1040. The highest BCUT2D eigenvalue weighted by molar-refractivity contribution is 5.71. The predicted octanol–water partition coefficient (Wildman–Crippen LogP) is 5.48. The van der Waals surface area contributed by atoms with E-state index in [1.807, 2.05) is 0 Å². The number of allylic oxidation sites excluding steroid dienone is 1. The zero-order chi connectivity index (χ0) is 24.2. The largest absolute Gasteiger partial charge is 0.513 e. The summed E-state index contributed by atoms with van der Waals surface area (Å²) in [7, 11) is 1.42. The minimum atomic E-state index is -4.65. The van der Waals surface area contributed by atoms with Crippen molar-refractivity contribution >= 4 is 11.8 Å². The Morgan fingerprint density at radius 2 is 1.94 bits per heavy atom. The number of alkyl halides is 3. The Labute approximate surface area is 189 Å². The van der Waals surface area contributed by atoms with Crippen LogP contribution in [-0.2, 0) is 20.4 Å². The SMILES string of the molecule is CCOC(=O)OC1=C(COC)Nc2ccnc(OC(C)C)c2C1c1ccccc1C(F)(F)F.